The zero-order chi connectivity index (χ0) is 22.3. The van der Waals surface area contributed by atoms with Gasteiger partial charge in [0.2, 0.25) is 15.9 Å². The Morgan fingerprint density at radius 1 is 0.871 bits per heavy atom. The van der Waals surface area contributed by atoms with Gasteiger partial charge in [-0.25, -0.2) is 13.1 Å². The van der Waals surface area contributed by atoms with Gasteiger partial charge in [-0.2, -0.15) is 0 Å². The molecule has 1 atom stereocenters. The van der Waals surface area contributed by atoms with Crippen LogP contribution in [0.4, 0.5) is 5.69 Å². The molecule has 3 rings (SSSR count). The number of ether oxygens (including phenoxy) is 2. The summed E-state index contributed by atoms with van der Waals surface area (Å²) in [6.45, 7) is 0. The van der Waals surface area contributed by atoms with Gasteiger partial charge in [0, 0.05) is 12.1 Å². The lowest BCUT2D eigenvalue weighted by Crippen LogP contribution is -2.30. The molecule has 7 nitrogen and oxygen atoms in total. The molecule has 162 valence electrons. The van der Waals surface area contributed by atoms with Gasteiger partial charge in [0.15, 0.2) is 0 Å². The van der Waals surface area contributed by atoms with Crippen LogP contribution in [0.1, 0.15) is 18.0 Å². The Hall–Kier alpha value is -3.36. The largest absolute Gasteiger partial charge is 0.497 e. The Labute approximate surface area is 182 Å². The highest BCUT2D eigenvalue weighted by atomic mass is 32.2. The monoisotopic (exact) mass is 440 g/mol. The van der Waals surface area contributed by atoms with Gasteiger partial charge in [0.25, 0.3) is 0 Å². The van der Waals surface area contributed by atoms with Gasteiger partial charge in [0.05, 0.1) is 19.4 Å². The minimum Gasteiger partial charge on any atom is -0.497 e. The first-order chi connectivity index (χ1) is 14.8. The Morgan fingerprint density at radius 3 is 2.03 bits per heavy atom. The van der Waals surface area contributed by atoms with Crippen LogP contribution in [0.5, 0.6) is 17.2 Å². The average Bonchev–Trinajstić information content (AvgIpc) is 2.74. The molecule has 3 aromatic carbocycles. The normalized spacial score (nSPS) is 12.1. The summed E-state index contributed by atoms with van der Waals surface area (Å²) in [5.74, 6) is 1.67. The van der Waals surface area contributed by atoms with Gasteiger partial charge in [-0.1, -0.05) is 30.3 Å². The summed E-state index contributed by atoms with van der Waals surface area (Å²) >= 11 is 0. The van der Waals surface area contributed by atoms with E-state index < -0.39 is 16.1 Å². The van der Waals surface area contributed by atoms with Crippen molar-refractivity contribution in [3.8, 4) is 17.2 Å². The van der Waals surface area contributed by atoms with E-state index in [4.69, 9.17) is 9.47 Å². The minimum absolute atomic E-state index is 0.0678. The standard InChI is InChI=1S/C23H24N2O5S/c1-29-19-12-8-17(9-13-19)22(25-31(2,27)28)16-23(26)24-18-10-14-21(15-11-18)30-20-6-4-3-5-7-20/h3-15,22,25H,16H2,1-2H3,(H,24,26)/t22-/m1/s1. The van der Waals surface area contributed by atoms with Crippen LogP contribution < -0.4 is 19.5 Å². The van der Waals surface area contributed by atoms with Crippen molar-refractivity contribution in [1.29, 1.82) is 0 Å². The first kappa shape index (κ1) is 22.3. The highest BCUT2D eigenvalue weighted by Gasteiger charge is 2.20. The lowest BCUT2D eigenvalue weighted by molar-refractivity contribution is -0.116. The molecule has 0 aliphatic carbocycles. The van der Waals surface area contributed by atoms with Gasteiger partial charge < -0.3 is 14.8 Å². The zero-order valence-corrected chi connectivity index (χ0v) is 18.1. The maximum Gasteiger partial charge on any atom is 0.226 e. The van der Waals surface area contributed by atoms with Crippen LogP contribution >= 0.6 is 0 Å². The predicted octanol–water partition coefficient (Wildman–Crippen LogP) is 4.11. The van der Waals surface area contributed by atoms with Crippen LogP contribution in [0.2, 0.25) is 0 Å². The maximum atomic E-state index is 12.6. The zero-order valence-electron chi connectivity index (χ0n) is 17.2. The molecule has 0 saturated heterocycles. The number of hydrogen-bond donors (Lipinski definition) is 2. The first-order valence-corrected chi connectivity index (χ1v) is 11.5. The molecule has 0 saturated carbocycles. The Balaban J connectivity index is 1.65. The number of amides is 1. The Kier molecular flexibility index (Phi) is 7.28. The van der Waals surface area contributed by atoms with E-state index >= 15 is 0 Å². The van der Waals surface area contributed by atoms with Crippen LogP contribution in [0.25, 0.3) is 0 Å². The molecule has 1 amide bonds. The van der Waals surface area contributed by atoms with Crippen molar-refractivity contribution in [3.63, 3.8) is 0 Å². The smallest absolute Gasteiger partial charge is 0.226 e. The molecule has 0 aromatic heterocycles. The lowest BCUT2D eigenvalue weighted by Gasteiger charge is -2.18. The van der Waals surface area contributed by atoms with E-state index in [-0.39, 0.29) is 12.3 Å². The van der Waals surface area contributed by atoms with Crippen LogP contribution in [-0.2, 0) is 14.8 Å². The molecule has 0 heterocycles. The fraction of sp³-hybridized carbons (Fsp3) is 0.174. The van der Waals surface area contributed by atoms with Crippen molar-refractivity contribution in [2.24, 2.45) is 0 Å². The number of sulfonamides is 1. The van der Waals surface area contributed by atoms with Crippen LogP contribution in [0.15, 0.2) is 78.9 Å². The number of nitrogens with one attached hydrogen (secondary N) is 2. The summed E-state index contributed by atoms with van der Waals surface area (Å²) in [6.07, 6.45) is 0.995. The van der Waals surface area contributed by atoms with Crippen LogP contribution in [0, 0.1) is 0 Å². The third-order valence-electron chi connectivity index (χ3n) is 4.38. The lowest BCUT2D eigenvalue weighted by atomic mass is 10.0. The van der Waals surface area contributed by atoms with Crippen molar-refractivity contribution >= 4 is 21.6 Å². The van der Waals surface area contributed by atoms with Gasteiger partial charge in [-0.05, 0) is 54.1 Å². The number of para-hydroxylation sites is 1. The van der Waals surface area contributed by atoms with E-state index in [9.17, 15) is 13.2 Å². The van der Waals surface area contributed by atoms with Crippen LogP contribution in [0.3, 0.4) is 0 Å². The fourth-order valence-electron chi connectivity index (χ4n) is 2.95. The van der Waals surface area contributed by atoms with Crippen LogP contribution in [-0.4, -0.2) is 27.7 Å². The summed E-state index contributed by atoms with van der Waals surface area (Å²) < 4.78 is 36.9. The molecular formula is C23H24N2O5S. The molecule has 0 fully saturated rings. The average molecular weight is 441 g/mol. The van der Waals surface area contributed by atoms with E-state index in [1.165, 1.54) is 0 Å². The summed E-state index contributed by atoms with van der Waals surface area (Å²) in [4.78, 5) is 12.6. The van der Waals surface area contributed by atoms with Crippen molar-refractivity contribution in [3.05, 3.63) is 84.4 Å². The second-order valence-corrected chi connectivity index (χ2v) is 8.69. The van der Waals surface area contributed by atoms with E-state index in [1.807, 2.05) is 30.3 Å². The first-order valence-electron chi connectivity index (χ1n) is 9.56. The molecule has 31 heavy (non-hydrogen) atoms. The number of carbonyl (C=O) groups excluding carboxylic acids is 1. The molecule has 0 unspecified atom stereocenters. The number of methoxy groups -OCH3 is 1. The highest BCUT2D eigenvalue weighted by Crippen LogP contribution is 2.24. The molecule has 0 aliphatic rings. The van der Waals surface area contributed by atoms with Gasteiger partial charge in [-0.15, -0.1) is 0 Å². The Bertz CT molecular complexity index is 1100. The van der Waals surface area contributed by atoms with Crippen molar-refractivity contribution in [2.45, 2.75) is 12.5 Å². The number of anilines is 1. The molecular weight excluding hydrogens is 416 g/mol. The minimum atomic E-state index is -3.52. The molecule has 0 aliphatic heterocycles. The predicted molar refractivity (Wildman–Crippen MR) is 120 cm³/mol. The number of benzene rings is 3. The van der Waals surface area contributed by atoms with Gasteiger partial charge in [-0.3, -0.25) is 4.79 Å². The third kappa shape index (κ3) is 7.13. The molecule has 3 aromatic rings. The molecule has 0 bridgehead atoms. The quantitative estimate of drug-likeness (QED) is 0.522. The summed E-state index contributed by atoms with van der Waals surface area (Å²) in [6, 6.07) is 22.5. The van der Waals surface area contributed by atoms with Gasteiger partial charge >= 0.3 is 0 Å². The van der Waals surface area contributed by atoms with E-state index in [2.05, 4.69) is 10.0 Å². The van der Waals surface area contributed by atoms with Crippen molar-refractivity contribution < 1.29 is 22.7 Å². The summed E-state index contributed by atoms with van der Waals surface area (Å²) in [7, 11) is -1.97. The Morgan fingerprint density at radius 2 is 1.45 bits per heavy atom. The van der Waals surface area contributed by atoms with Gasteiger partial charge in [0.1, 0.15) is 17.2 Å². The fourth-order valence-corrected chi connectivity index (χ4v) is 3.69. The van der Waals surface area contributed by atoms with E-state index in [0.29, 0.717) is 28.5 Å². The van der Waals surface area contributed by atoms with E-state index in [1.54, 1.807) is 55.6 Å². The number of hydrogen-bond acceptors (Lipinski definition) is 5. The SMILES string of the molecule is COc1ccc([C@@H](CC(=O)Nc2ccc(Oc3ccccc3)cc2)NS(C)(=O)=O)cc1. The second-order valence-electron chi connectivity index (χ2n) is 6.91. The molecule has 2 N–H and O–H groups in total. The van der Waals surface area contributed by atoms with E-state index in [0.717, 1.165) is 6.26 Å². The van der Waals surface area contributed by atoms with Crippen molar-refractivity contribution in [1.82, 2.24) is 4.72 Å². The maximum absolute atomic E-state index is 12.6. The number of carbonyl (C=O) groups is 1. The summed E-state index contributed by atoms with van der Waals surface area (Å²) in [5, 5.41) is 2.79. The van der Waals surface area contributed by atoms with Crippen molar-refractivity contribution in [2.75, 3.05) is 18.7 Å². The summed E-state index contributed by atoms with van der Waals surface area (Å²) in [5.41, 5.74) is 1.24. The number of rotatable bonds is 9. The molecule has 8 heteroatoms. The molecule has 0 radical (unpaired) electrons. The highest BCUT2D eigenvalue weighted by molar-refractivity contribution is 7.88. The second kappa shape index (κ2) is 10.1. The third-order valence-corrected chi connectivity index (χ3v) is 5.09. The molecule has 0 spiro atoms. The topological polar surface area (TPSA) is 93.7 Å².